The van der Waals surface area contributed by atoms with Gasteiger partial charge >= 0.3 is 0 Å². The predicted octanol–water partition coefficient (Wildman–Crippen LogP) is 4.11. The number of nitrogens with one attached hydrogen (secondary N) is 2. The summed E-state index contributed by atoms with van der Waals surface area (Å²) in [5.41, 5.74) is 1.15. The lowest BCUT2D eigenvalue weighted by Gasteiger charge is -2.32. The number of likely N-dealkylation sites (N-methyl/N-ethyl adjacent to an activating group) is 1. The van der Waals surface area contributed by atoms with Gasteiger partial charge in [-0.25, -0.2) is 4.99 Å². The van der Waals surface area contributed by atoms with Crippen LogP contribution in [0.4, 0.5) is 0 Å². The Morgan fingerprint density at radius 1 is 1.13 bits per heavy atom. The summed E-state index contributed by atoms with van der Waals surface area (Å²) >= 11 is 0. The van der Waals surface area contributed by atoms with Crippen LogP contribution in [0.2, 0.25) is 0 Å². The fraction of sp³-hybridized carbons (Fsp3) is 0.652. The van der Waals surface area contributed by atoms with E-state index in [1.54, 1.807) is 19.0 Å². The standard InChI is InChI=1S/C23H36N4O2.HI/c1-4-7-17-10-12-18(13-11-17)25-23(24-16-22(28)27(2)3)26-20-14-15-29-21-9-6-5-8-19(20)21;/h5-6,8-9,17-18,20H,4,7,10-16H2,1-3H3,(H2,24,25,26);1H. The minimum absolute atomic E-state index is 0. The Balaban J connectivity index is 0.00000320. The van der Waals surface area contributed by atoms with E-state index in [4.69, 9.17) is 4.74 Å². The maximum Gasteiger partial charge on any atom is 0.243 e. The fourth-order valence-electron chi connectivity index (χ4n) is 4.28. The molecule has 2 aliphatic rings. The number of nitrogens with zero attached hydrogens (tertiary/aromatic N) is 2. The van der Waals surface area contributed by atoms with Crippen LogP contribution in [0.5, 0.6) is 5.75 Å². The molecule has 1 aromatic carbocycles. The number of carbonyl (C=O) groups excluding carboxylic acids is 1. The molecule has 1 aliphatic heterocycles. The molecule has 30 heavy (non-hydrogen) atoms. The molecule has 0 bridgehead atoms. The van der Waals surface area contributed by atoms with E-state index in [0.29, 0.717) is 12.6 Å². The van der Waals surface area contributed by atoms with E-state index >= 15 is 0 Å². The summed E-state index contributed by atoms with van der Waals surface area (Å²) in [6, 6.07) is 8.70. The van der Waals surface area contributed by atoms with Crippen LogP contribution < -0.4 is 15.4 Å². The van der Waals surface area contributed by atoms with Crippen LogP contribution in [-0.4, -0.2) is 50.1 Å². The van der Waals surface area contributed by atoms with Crippen LogP contribution in [0.25, 0.3) is 0 Å². The van der Waals surface area contributed by atoms with Gasteiger partial charge in [-0.3, -0.25) is 4.79 Å². The number of para-hydroxylation sites is 1. The number of benzene rings is 1. The van der Waals surface area contributed by atoms with E-state index in [9.17, 15) is 4.79 Å². The molecule has 2 N–H and O–H groups in total. The molecule has 1 aromatic rings. The number of aliphatic imine (C=N–C) groups is 1. The van der Waals surface area contributed by atoms with E-state index in [1.807, 2.05) is 18.2 Å². The minimum Gasteiger partial charge on any atom is -0.493 e. The van der Waals surface area contributed by atoms with Crippen molar-refractivity contribution in [1.29, 1.82) is 0 Å². The Morgan fingerprint density at radius 2 is 1.87 bits per heavy atom. The molecule has 168 valence electrons. The zero-order valence-corrected chi connectivity index (χ0v) is 20.9. The fourth-order valence-corrected chi connectivity index (χ4v) is 4.28. The van der Waals surface area contributed by atoms with Gasteiger partial charge in [0.25, 0.3) is 0 Å². The molecule has 1 unspecified atom stereocenters. The molecule has 7 heteroatoms. The molecule has 1 aliphatic carbocycles. The van der Waals surface area contributed by atoms with Crippen LogP contribution in [0.3, 0.4) is 0 Å². The molecule has 3 rings (SSSR count). The number of carbonyl (C=O) groups is 1. The summed E-state index contributed by atoms with van der Waals surface area (Å²) in [5.74, 6) is 2.54. The minimum atomic E-state index is 0. The summed E-state index contributed by atoms with van der Waals surface area (Å²) in [4.78, 5) is 18.3. The maximum atomic E-state index is 12.1. The largest absolute Gasteiger partial charge is 0.493 e. The number of rotatable bonds is 6. The highest BCUT2D eigenvalue weighted by atomic mass is 127. The maximum absolute atomic E-state index is 12.1. The first kappa shape index (κ1) is 24.8. The van der Waals surface area contributed by atoms with Gasteiger partial charge in [-0.15, -0.1) is 24.0 Å². The van der Waals surface area contributed by atoms with Gasteiger partial charge in [-0.2, -0.15) is 0 Å². The Kier molecular flexibility index (Phi) is 10.2. The molecular weight excluding hydrogens is 491 g/mol. The lowest BCUT2D eigenvalue weighted by Crippen LogP contribution is -2.47. The third-order valence-corrected chi connectivity index (χ3v) is 6.03. The first-order chi connectivity index (χ1) is 14.1. The lowest BCUT2D eigenvalue weighted by molar-refractivity contribution is -0.127. The molecule has 1 atom stereocenters. The lowest BCUT2D eigenvalue weighted by atomic mass is 9.83. The second-order valence-corrected chi connectivity index (χ2v) is 8.48. The van der Waals surface area contributed by atoms with Gasteiger partial charge in [-0.1, -0.05) is 38.0 Å². The quantitative estimate of drug-likeness (QED) is 0.332. The smallest absolute Gasteiger partial charge is 0.243 e. The first-order valence-corrected chi connectivity index (χ1v) is 11.1. The Labute approximate surface area is 198 Å². The molecule has 0 saturated heterocycles. The van der Waals surface area contributed by atoms with Crippen molar-refractivity contribution in [3.05, 3.63) is 29.8 Å². The number of fused-ring (bicyclic) bond motifs is 1. The zero-order chi connectivity index (χ0) is 20.6. The number of amides is 1. The van der Waals surface area contributed by atoms with Crippen molar-refractivity contribution in [2.45, 2.75) is 64.0 Å². The summed E-state index contributed by atoms with van der Waals surface area (Å²) in [6.45, 7) is 3.10. The zero-order valence-electron chi connectivity index (χ0n) is 18.5. The van der Waals surface area contributed by atoms with Crippen LogP contribution in [0.1, 0.15) is 63.5 Å². The molecule has 6 nitrogen and oxygen atoms in total. The highest BCUT2D eigenvalue weighted by Gasteiger charge is 2.25. The average Bonchev–Trinajstić information content (AvgIpc) is 2.73. The SMILES string of the molecule is CCCC1CCC(NC(=NCC(=O)N(C)C)NC2CCOc3ccccc32)CC1.I. The molecule has 0 radical (unpaired) electrons. The molecule has 1 amide bonds. The van der Waals surface area contributed by atoms with Crippen molar-refractivity contribution in [2.75, 3.05) is 27.2 Å². The number of guanidine groups is 1. The van der Waals surface area contributed by atoms with E-state index in [2.05, 4.69) is 28.6 Å². The van der Waals surface area contributed by atoms with Gasteiger partial charge in [0.15, 0.2) is 5.96 Å². The van der Waals surface area contributed by atoms with Crippen LogP contribution in [0.15, 0.2) is 29.3 Å². The first-order valence-electron chi connectivity index (χ1n) is 11.1. The summed E-state index contributed by atoms with van der Waals surface area (Å²) in [6.07, 6.45) is 8.36. The Morgan fingerprint density at radius 3 is 2.57 bits per heavy atom. The molecule has 1 fully saturated rings. The van der Waals surface area contributed by atoms with Crippen molar-refractivity contribution in [3.8, 4) is 5.75 Å². The van der Waals surface area contributed by atoms with Gasteiger partial charge in [0.05, 0.1) is 12.6 Å². The van der Waals surface area contributed by atoms with E-state index < -0.39 is 0 Å². The predicted molar refractivity (Wildman–Crippen MR) is 133 cm³/mol. The normalized spacial score (nSPS) is 23.4. The number of hydrogen-bond acceptors (Lipinski definition) is 3. The van der Waals surface area contributed by atoms with Gasteiger partial charge < -0.3 is 20.3 Å². The second-order valence-electron chi connectivity index (χ2n) is 8.48. The summed E-state index contributed by atoms with van der Waals surface area (Å²) in [5, 5.41) is 7.20. The third-order valence-electron chi connectivity index (χ3n) is 6.03. The van der Waals surface area contributed by atoms with E-state index in [-0.39, 0.29) is 42.5 Å². The summed E-state index contributed by atoms with van der Waals surface area (Å²) in [7, 11) is 3.53. The average molecular weight is 528 g/mol. The van der Waals surface area contributed by atoms with Gasteiger partial charge in [0.2, 0.25) is 5.91 Å². The van der Waals surface area contributed by atoms with Gasteiger partial charge in [-0.05, 0) is 37.7 Å². The van der Waals surface area contributed by atoms with Crippen molar-refractivity contribution < 1.29 is 9.53 Å². The molecule has 0 spiro atoms. The van der Waals surface area contributed by atoms with Gasteiger partial charge in [0, 0.05) is 32.1 Å². The third kappa shape index (κ3) is 7.03. The highest BCUT2D eigenvalue weighted by Crippen LogP contribution is 2.32. The van der Waals surface area contributed by atoms with Gasteiger partial charge in [0.1, 0.15) is 12.3 Å². The van der Waals surface area contributed by atoms with E-state index in [0.717, 1.165) is 42.5 Å². The topological polar surface area (TPSA) is 66.0 Å². The Hall–Kier alpha value is -1.51. The second kappa shape index (κ2) is 12.4. The van der Waals surface area contributed by atoms with Crippen LogP contribution in [0, 0.1) is 5.92 Å². The van der Waals surface area contributed by atoms with Crippen molar-refractivity contribution in [3.63, 3.8) is 0 Å². The molecular formula is C23H37IN4O2. The van der Waals surface area contributed by atoms with Crippen LogP contribution in [-0.2, 0) is 4.79 Å². The van der Waals surface area contributed by atoms with Crippen molar-refractivity contribution in [1.82, 2.24) is 15.5 Å². The molecule has 1 saturated carbocycles. The number of ether oxygens (including phenoxy) is 1. The van der Waals surface area contributed by atoms with Crippen molar-refractivity contribution >= 4 is 35.8 Å². The summed E-state index contributed by atoms with van der Waals surface area (Å²) < 4.78 is 5.79. The monoisotopic (exact) mass is 528 g/mol. The number of halogens is 1. The molecule has 1 heterocycles. The van der Waals surface area contributed by atoms with Crippen molar-refractivity contribution in [2.24, 2.45) is 10.9 Å². The van der Waals surface area contributed by atoms with E-state index in [1.165, 1.54) is 25.7 Å². The Bertz CT molecular complexity index is 702. The number of hydrogen-bond donors (Lipinski definition) is 2. The van der Waals surface area contributed by atoms with Crippen LogP contribution >= 0.6 is 24.0 Å². The highest BCUT2D eigenvalue weighted by molar-refractivity contribution is 14.0. The molecule has 0 aromatic heterocycles.